The number of hydrogen-bond donors (Lipinski definition) is 1. The van der Waals surface area contributed by atoms with Crippen LogP contribution >= 0.6 is 0 Å². The second-order valence-corrected chi connectivity index (χ2v) is 7.04. The van der Waals surface area contributed by atoms with Gasteiger partial charge in [-0.05, 0) is 51.2 Å². The van der Waals surface area contributed by atoms with Gasteiger partial charge in [-0.15, -0.1) is 0 Å². The highest BCUT2D eigenvalue weighted by Crippen LogP contribution is 2.26. The third kappa shape index (κ3) is 7.29. The Morgan fingerprint density at radius 3 is 2.67 bits per heavy atom. The molecule has 6 nitrogen and oxygen atoms in total. The Morgan fingerprint density at radius 1 is 1.30 bits per heavy atom. The van der Waals surface area contributed by atoms with E-state index >= 15 is 0 Å². The van der Waals surface area contributed by atoms with Gasteiger partial charge >= 0.3 is 0 Å². The van der Waals surface area contributed by atoms with E-state index in [4.69, 9.17) is 19.2 Å². The Kier molecular flexibility index (Phi) is 9.25. The smallest absolute Gasteiger partial charge is 0.193 e. The van der Waals surface area contributed by atoms with Crippen molar-refractivity contribution in [3.05, 3.63) is 24.3 Å². The average Bonchev–Trinajstić information content (AvgIpc) is 2.70. The molecule has 0 radical (unpaired) electrons. The first-order chi connectivity index (χ1) is 13.1. The fraction of sp³-hybridized carbons (Fsp3) is 0.667. The minimum absolute atomic E-state index is 0.0427. The Morgan fingerprint density at radius 2 is 2.00 bits per heavy atom. The number of aliphatic imine (C=N–C) groups is 1. The minimum atomic E-state index is -0.0427. The lowest BCUT2D eigenvalue weighted by molar-refractivity contribution is 0.0625. The summed E-state index contributed by atoms with van der Waals surface area (Å²) in [5.74, 6) is 3.19. The normalized spacial score (nSPS) is 16.7. The highest BCUT2D eigenvalue weighted by molar-refractivity contribution is 5.79. The number of benzene rings is 1. The topological polar surface area (TPSA) is 55.3 Å². The Labute approximate surface area is 163 Å². The van der Waals surface area contributed by atoms with E-state index in [-0.39, 0.29) is 6.10 Å². The zero-order valence-electron chi connectivity index (χ0n) is 17.2. The van der Waals surface area contributed by atoms with Crippen LogP contribution in [0.25, 0.3) is 0 Å². The highest BCUT2D eigenvalue weighted by atomic mass is 16.5. The second kappa shape index (κ2) is 11.7. The van der Waals surface area contributed by atoms with Gasteiger partial charge in [0.2, 0.25) is 0 Å². The summed E-state index contributed by atoms with van der Waals surface area (Å²) in [6.07, 6.45) is 3.48. The van der Waals surface area contributed by atoms with E-state index in [1.807, 2.05) is 31.2 Å². The SMILES string of the molecule is CCNC(=NCC(C)Oc1ccccc1OC)N(C)CCC1CCOCC1. The van der Waals surface area contributed by atoms with Crippen molar-refractivity contribution >= 4 is 5.96 Å². The summed E-state index contributed by atoms with van der Waals surface area (Å²) in [5.41, 5.74) is 0. The lowest BCUT2D eigenvalue weighted by atomic mass is 9.96. The molecule has 1 unspecified atom stereocenters. The van der Waals surface area contributed by atoms with Crippen molar-refractivity contribution in [3.63, 3.8) is 0 Å². The number of para-hydroxylation sites is 2. The summed E-state index contributed by atoms with van der Waals surface area (Å²) in [6.45, 7) is 8.36. The number of methoxy groups -OCH3 is 1. The molecule has 1 atom stereocenters. The lowest BCUT2D eigenvalue weighted by Gasteiger charge is -2.27. The van der Waals surface area contributed by atoms with E-state index in [1.165, 1.54) is 19.3 Å². The lowest BCUT2D eigenvalue weighted by Crippen LogP contribution is -2.40. The molecular weight excluding hydrogens is 342 g/mol. The van der Waals surface area contributed by atoms with E-state index in [2.05, 4.69) is 24.2 Å². The van der Waals surface area contributed by atoms with Gasteiger partial charge in [-0.25, -0.2) is 4.99 Å². The molecule has 0 spiro atoms. The summed E-state index contributed by atoms with van der Waals surface area (Å²) in [6, 6.07) is 7.71. The van der Waals surface area contributed by atoms with Gasteiger partial charge in [0.1, 0.15) is 6.10 Å². The van der Waals surface area contributed by atoms with Crippen LogP contribution in [0, 0.1) is 5.92 Å². The number of nitrogens with zero attached hydrogens (tertiary/aromatic N) is 2. The highest BCUT2D eigenvalue weighted by Gasteiger charge is 2.16. The van der Waals surface area contributed by atoms with Gasteiger partial charge < -0.3 is 24.4 Å². The van der Waals surface area contributed by atoms with Crippen LogP contribution in [0.3, 0.4) is 0 Å². The first-order valence-corrected chi connectivity index (χ1v) is 10.0. The number of guanidine groups is 1. The summed E-state index contributed by atoms with van der Waals surface area (Å²) in [5, 5.41) is 3.38. The van der Waals surface area contributed by atoms with Crippen molar-refractivity contribution in [2.45, 2.75) is 39.2 Å². The molecule has 1 fully saturated rings. The molecule has 2 rings (SSSR count). The van der Waals surface area contributed by atoms with E-state index in [0.29, 0.717) is 6.54 Å². The van der Waals surface area contributed by atoms with Crippen LogP contribution in [0.2, 0.25) is 0 Å². The first-order valence-electron chi connectivity index (χ1n) is 10.0. The molecule has 0 aliphatic carbocycles. The molecule has 0 amide bonds. The summed E-state index contributed by atoms with van der Waals surface area (Å²) >= 11 is 0. The molecule has 1 aliphatic rings. The van der Waals surface area contributed by atoms with Crippen LogP contribution in [-0.4, -0.2) is 64.0 Å². The van der Waals surface area contributed by atoms with Crippen molar-refractivity contribution < 1.29 is 14.2 Å². The molecule has 6 heteroatoms. The fourth-order valence-electron chi connectivity index (χ4n) is 3.17. The van der Waals surface area contributed by atoms with E-state index < -0.39 is 0 Å². The molecule has 27 heavy (non-hydrogen) atoms. The van der Waals surface area contributed by atoms with Crippen molar-refractivity contribution in [2.75, 3.05) is 47.0 Å². The summed E-state index contributed by atoms with van der Waals surface area (Å²) in [7, 11) is 3.76. The number of ether oxygens (including phenoxy) is 3. The standard InChI is InChI=1S/C21H35N3O3/c1-5-22-21(24(3)13-10-18-11-14-26-15-12-18)23-16-17(2)27-20-9-7-6-8-19(20)25-4/h6-9,17-18H,5,10-16H2,1-4H3,(H,22,23). The third-order valence-electron chi connectivity index (χ3n) is 4.81. The van der Waals surface area contributed by atoms with Gasteiger partial charge in [0, 0.05) is 33.4 Å². The van der Waals surface area contributed by atoms with Gasteiger partial charge in [-0.3, -0.25) is 0 Å². The van der Waals surface area contributed by atoms with Crippen molar-refractivity contribution in [1.82, 2.24) is 10.2 Å². The Balaban J connectivity index is 1.86. The Bertz CT molecular complexity index is 574. The van der Waals surface area contributed by atoms with Crippen LogP contribution in [0.5, 0.6) is 11.5 Å². The Hall–Kier alpha value is -1.95. The maximum atomic E-state index is 6.01. The van der Waals surface area contributed by atoms with Gasteiger partial charge in [0.25, 0.3) is 0 Å². The van der Waals surface area contributed by atoms with Crippen LogP contribution in [-0.2, 0) is 4.74 Å². The van der Waals surface area contributed by atoms with Gasteiger partial charge in [-0.1, -0.05) is 12.1 Å². The average molecular weight is 378 g/mol. The molecule has 152 valence electrons. The summed E-state index contributed by atoms with van der Waals surface area (Å²) < 4.78 is 16.8. The molecule has 1 N–H and O–H groups in total. The molecule has 1 heterocycles. The molecule has 1 aromatic rings. The first kappa shape index (κ1) is 21.4. The van der Waals surface area contributed by atoms with Gasteiger partial charge in [-0.2, -0.15) is 0 Å². The van der Waals surface area contributed by atoms with E-state index in [0.717, 1.165) is 49.7 Å². The van der Waals surface area contributed by atoms with Crippen LogP contribution in [0.4, 0.5) is 0 Å². The molecule has 0 bridgehead atoms. The largest absolute Gasteiger partial charge is 0.493 e. The van der Waals surface area contributed by atoms with Crippen molar-refractivity contribution in [3.8, 4) is 11.5 Å². The monoisotopic (exact) mass is 377 g/mol. The zero-order chi connectivity index (χ0) is 19.5. The zero-order valence-corrected chi connectivity index (χ0v) is 17.2. The minimum Gasteiger partial charge on any atom is -0.493 e. The molecule has 1 aromatic carbocycles. The van der Waals surface area contributed by atoms with E-state index in [1.54, 1.807) is 7.11 Å². The third-order valence-corrected chi connectivity index (χ3v) is 4.81. The molecule has 0 saturated carbocycles. The van der Waals surface area contributed by atoms with Crippen LogP contribution in [0.1, 0.15) is 33.1 Å². The second-order valence-electron chi connectivity index (χ2n) is 7.04. The van der Waals surface area contributed by atoms with Gasteiger partial charge in [0.05, 0.1) is 13.7 Å². The predicted molar refractivity (Wildman–Crippen MR) is 110 cm³/mol. The quantitative estimate of drug-likeness (QED) is 0.529. The number of hydrogen-bond acceptors (Lipinski definition) is 4. The summed E-state index contributed by atoms with van der Waals surface area (Å²) in [4.78, 5) is 6.99. The maximum absolute atomic E-state index is 6.01. The van der Waals surface area contributed by atoms with Crippen molar-refractivity contribution in [1.29, 1.82) is 0 Å². The van der Waals surface area contributed by atoms with Gasteiger partial charge in [0.15, 0.2) is 17.5 Å². The molecule has 0 aromatic heterocycles. The fourth-order valence-corrected chi connectivity index (χ4v) is 3.17. The van der Waals surface area contributed by atoms with Crippen molar-refractivity contribution in [2.24, 2.45) is 10.9 Å². The van der Waals surface area contributed by atoms with Crippen LogP contribution < -0.4 is 14.8 Å². The maximum Gasteiger partial charge on any atom is 0.193 e. The molecule has 1 aliphatic heterocycles. The molecule has 1 saturated heterocycles. The predicted octanol–water partition coefficient (Wildman–Crippen LogP) is 3.18. The molecular formula is C21H35N3O3. The van der Waals surface area contributed by atoms with Crippen LogP contribution in [0.15, 0.2) is 29.3 Å². The van der Waals surface area contributed by atoms with E-state index in [9.17, 15) is 0 Å². The number of rotatable bonds is 9. The number of nitrogens with one attached hydrogen (secondary N) is 1.